The number of carbonyl (C=O) groups excluding carboxylic acids is 2. The summed E-state index contributed by atoms with van der Waals surface area (Å²) in [6, 6.07) is 14.4. The molecule has 0 aliphatic rings. The SMILES string of the molecule is O=C(NCCCC(=O)N(Cc1ccco1)Cc1cccs1)c1ccc(Cl)cc1. The van der Waals surface area contributed by atoms with Crippen LogP contribution in [0.4, 0.5) is 0 Å². The number of thiophene rings is 1. The van der Waals surface area contributed by atoms with Crippen molar-refractivity contribution in [3.05, 3.63) is 81.4 Å². The Balaban J connectivity index is 1.48. The van der Waals surface area contributed by atoms with Crippen LogP contribution in [0.2, 0.25) is 5.02 Å². The number of nitrogens with zero attached hydrogens (tertiary/aromatic N) is 1. The van der Waals surface area contributed by atoms with Crippen LogP contribution in [-0.4, -0.2) is 23.3 Å². The van der Waals surface area contributed by atoms with Crippen LogP contribution in [0.15, 0.2) is 64.6 Å². The third kappa shape index (κ3) is 5.97. The summed E-state index contributed by atoms with van der Waals surface area (Å²) in [5, 5.41) is 5.42. The van der Waals surface area contributed by atoms with Gasteiger partial charge in [-0.1, -0.05) is 17.7 Å². The fraction of sp³-hybridized carbons (Fsp3) is 0.238. The van der Waals surface area contributed by atoms with Gasteiger partial charge in [0.1, 0.15) is 5.76 Å². The molecule has 0 bridgehead atoms. The summed E-state index contributed by atoms with van der Waals surface area (Å²) in [4.78, 5) is 27.7. The zero-order chi connectivity index (χ0) is 19.8. The number of amides is 2. The molecule has 1 N–H and O–H groups in total. The van der Waals surface area contributed by atoms with Crippen molar-refractivity contribution in [3.63, 3.8) is 0 Å². The second-order valence-corrected chi connectivity index (χ2v) is 7.74. The van der Waals surface area contributed by atoms with E-state index in [1.807, 2.05) is 29.6 Å². The van der Waals surface area contributed by atoms with Gasteiger partial charge in [0.05, 0.1) is 19.4 Å². The highest BCUT2D eigenvalue weighted by Gasteiger charge is 2.16. The van der Waals surface area contributed by atoms with E-state index in [1.54, 1.807) is 46.8 Å². The highest BCUT2D eigenvalue weighted by molar-refractivity contribution is 7.09. The average Bonchev–Trinajstić information content (AvgIpc) is 3.39. The number of hydrogen-bond acceptors (Lipinski definition) is 4. The van der Waals surface area contributed by atoms with E-state index < -0.39 is 0 Å². The van der Waals surface area contributed by atoms with Gasteiger partial charge in [0, 0.05) is 28.4 Å². The Kier molecular flexibility index (Phi) is 7.28. The molecule has 2 aromatic heterocycles. The minimum absolute atomic E-state index is 0.0329. The number of benzene rings is 1. The molecule has 0 spiro atoms. The Morgan fingerprint density at radius 3 is 2.57 bits per heavy atom. The molecule has 146 valence electrons. The number of nitrogens with one attached hydrogen (secondary N) is 1. The Morgan fingerprint density at radius 2 is 1.89 bits per heavy atom. The van der Waals surface area contributed by atoms with E-state index >= 15 is 0 Å². The minimum Gasteiger partial charge on any atom is -0.467 e. The molecule has 0 unspecified atom stereocenters. The van der Waals surface area contributed by atoms with Gasteiger partial charge >= 0.3 is 0 Å². The van der Waals surface area contributed by atoms with Crippen molar-refractivity contribution in [3.8, 4) is 0 Å². The van der Waals surface area contributed by atoms with Gasteiger partial charge in [0.2, 0.25) is 5.91 Å². The maximum absolute atomic E-state index is 12.7. The van der Waals surface area contributed by atoms with Crippen LogP contribution in [0.1, 0.15) is 33.8 Å². The number of hydrogen-bond donors (Lipinski definition) is 1. The van der Waals surface area contributed by atoms with Crippen molar-refractivity contribution in [2.75, 3.05) is 6.54 Å². The van der Waals surface area contributed by atoms with Crippen molar-refractivity contribution in [1.29, 1.82) is 0 Å². The molecule has 0 saturated carbocycles. The van der Waals surface area contributed by atoms with Gasteiger partial charge in [-0.2, -0.15) is 0 Å². The first-order valence-corrected chi connectivity index (χ1v) is 10.2. The van der Waals surface area contributed by atoms with Gasteiger partial charge < -0.3 is 14.6 Å². The number of furan rings is 1. The van der Waals surface area contributed by atoms with Crippen LogP contribution in [0, 0.1) is 0 Å². The van der Waals surface area contributed by atoms with Crippen LogP contribution >= 0.6 is 22.9 Å². The molecular weight excluding hydrogens is 396 g/mol. The van der Waals surface area contributed by atoms with Crippen LogP contribution in [0.25, 0.3) is 0 Å². The molecule has 0 radical (unpaired) electrons. The van der Waals surface area contributed by atoms with Gasteiger partial charge in [0.15, 0.2) is 0 Å². The average molecular weight is 417 g/mol. The zero-order valence-corrected chi connectivity index (χ0v) is 16.8. The van der Waals surface area contributed by atoms with Crippen molar-refractivity contribution in [2.24, 2.45) is 0 Å². The summed E-state index contributed by atoms with van der Waals surface area (Å²) in [6.45, 7) is 1.41. The highest BCUT2D eigenvalue weighted by atomic mass is 35.5. The number of halogens is 1. The molecule has 3 aromatic rings. The standard InChI is InChI=1S/C21H21ClN2O3S/c22-17-9-7-16(8-10-17)21(26)23-11-1-6-20(25)24(14-18-4-2-12-27-18)15-19-5-3-13-28-19/h2-5,7-10,12-13H,1,6,11,14-15H2,(H,23,26). The maximum atomic E-state index is 12.7. The van der Waals surface area contributed by atoms with Crippen LogP contribution in [-0.2, 0) is 17.9 Å². The minimum atomic E-state index is -0.171. The smallest absolute Gasteiger partial charge is 0.251 e. The maximum Gasteiger partial charge on any atom is 0.251 e. The van der Waals surface area contributed by atoms with Gasteiger partial charge in [-0.05, 0) is 54.3 Å². The summed E-state index contributed by atoms with van der Waals surface area (Å²) < 4.78 is 5.39. The molecule has 2 heterocycles. The molecule has 2 amide bonds. The second kappa shape index (κ2) is 10.1. The van der Waals surface area contributed by atoms with Crippen molar-refractivity contribution >= 4 is 34.8 Å². The van der Waals surface area contributed by atoms with Gasteiger partial charge in [-0.15, -0.1) is 11.3 Å². The van der Waals surface area contributed by atoms with Gasteiger partial charge in [0.25, 0.3) is 5.91 Å². The fourth-order valence-electron chi connectivity index (χ4n) is 2.72. The first-order chi connectivity index (χ1) is 13.6. The van der Waals surface area contributed by atoms with Crippen LogP contribution in [0.5, 0.6) is 0 Å². The van der Waals surface area contributed by atoms with Gasteiger partial charge in [-0.3, -0.25) is 9.59 Å². The van der Waals surface area contributed by atoms with E-state index in [9.17, 15) is 9.59 Å². The highest BCUT2D eigenvalue weighted by Crippen LogP contribution is 2.16. The number of carbonyl (C=O) groups is 2. The predicted molar refractivity (Wildman–Crippen MR) is 110 cm³/mol. The molecule has 7 heteroatoms. The molecule has 0 saturated heterocycles. The van der Waals surface area contributed by atoms with E-state index in [4.69, 9.17) is 16.0 Å². The first kappa shape index (κ1) is 20.2. The predicted octanol–water partition coefficient (Wildman–Crippen LogP) is 4.73. The first-order valence-electron chi connectivity index (χ1n) is 8.98. The third-order valence-electron chi connectivity index (χ3n) is 4.17. The molecule has 0 aliphatic carbocycles. The summed E-state index contributed by atoms with van der Waals surface area (Å²) >= 11 is 7.45. The lowest BCUT2D eigenvalue weighted by atomic mass is 10.2. The second-order valence-electron chi connectivity index (χ2n) is 6.27. The van der Waals surface area contributed by atoms with E-state index in [1.165, 1.54) is 0 Å². The molecule has 28 heavy (non-hydrogen) atoms. The third-order valence-corrected chi connectivity index (χ3v) is 5.28. The Morgan fingerprint density at radius 1 is 1.07 bits per heavy atom. The van der Waals surface area contributed by atoms with Gasteiger partial charge in [-0.25, -0.2) is 0 Å². The lowest BCUT2D eigenvalue weighted by Crippen LogP contribution is -2.31. The molecule has 3 rings (SSSR count). The lowest BCUT2D eigenvalue weighted by Gasteiger charge is -2.21. The van der Waals surface area contributed by atoms with Crippen LogP contribution in [0.3, 0.4) is 0 Å². The normalized spacial score (nSPS) is 10.6. The van der Waals surface area contributed by atoms with Crippen molar-refractivity contribution < 1.29 is 14.0 Å². The fourth-order valence-corrected chi connectivity index (χ4v) is 3.56. The quantitative estimate of drug-likeness (QED) is 0.513. The Hall–Kier alpha value is -2.57. The summed E-state index contributed by atoms with van der Waals surface area (Å²) in [6.07, 6.45) is 2.53. The summed E-state index contributed by atoms with van der Waals surface area (Å²) in [7, 11) is 0. The molecule has 5 nitrogen and oxygen atoms in total. The molecule has 0 aliphatic heterocycles. The van der Waals surface area contributed by atoms with E-state index in [0.717, 1.165) is 10.6 Å². The molecular formula is C21H21ClN2O3S. The monoisotopic (exact) mass is 416 g/mol. The number of rotatable bonds is 9. The molecule has 1 aromatic carbocycles. The Labute approximate surface area is 172 Å². The van der Waals surface area contributed by atoms with Crippen molar-refractivity contribution in [2.45, 2.75) is 25.9 Å². The molecule has 0 fully saturated rings. The zero-order valence-electron chi connectivity index (χ0n) is 15.3. The molecule has 0 atom stereocenters. The Bertz CT molecular complexity index is 841. The largest absolute Gasteiger partial charge is 0.467 e. The lowest BCUT2D eigenvalue weighted by molar-refractivity contribution is -0.132. The summed E-state index contributed by atoms with van der Waals surface area (Å²) in [5.41, 5.74) is 0.549. The topological polar surface area (TPSA) is 62.6 Å². The summed E-state index contributed by atoms with van der Waals surface area (Å²) in [5.74, 6) is 0.613. The van der Waals surface area contributed by atoms with E-state index in [0.29, 0.717) is 43.1 Å². The van der Waals surface area contributed by atoms with Crippen LogP contribution < -0.4 is 5.32 Å². The van der Waals surface area contributed by atoms with E-state index in [2.05, 4.69) is 5.32 Å². The van der Waals surface area contributed by atoms with E-state index in [-0.39, 0.29) is 11.8 Å². The van der Waals surface area contributed by atoms with Crippen molar-refractivity contribution in [1.82, 2.24) is 10.2 Å².